The number of carbonyl (C=O) groups is 1. The fourth-order valence-electron chi connectivity index (χ4n) is 3.30. The van der Waals surface area contributed by atoms with Gasteiger partial charge in [-0.25, -0.2) is 9.97 Å². The molecule has 1 aliphatic heterocycles. The van der Waals surface area contributed by atoms with Crippen LogP contribution in [0.4, 0.5) is 0 Å². The van der Waals surface area contributed by atoms with Gasteiger partial charge in [0.15, 0.2) is 0 Å². The van der Waals surface area contributed by atoms with E-state index in [-0.39, 0.29) is 11.9 Å². The van der Waals surface area contributed by atoms with Gasteiger partial charge in [-0.05, 0) is 39.1 Å². The number of imidazole rings is 1. The summed E-state index contributed by atoms with van der Waals surface area (Å²) in [6, 6.07) is 6.11. The third-order valence-electron chi connectivity index (χ3n) is 4.40. The van der Waals surface area contributed by atoms with Gasteiger partial charge in [0.25, 0.3) is 0 Å². The first-order valence-electron chi connectivity index (χ1n) is 8.54. The second kappa shape index (κ2) is 7.13. The van der Waals surface area contributed by atoms with E-state index in [0.717, 1.165) is 43.1 Å². The van der Waals surface area contributed by atoms with Crippen LogP contribution in [0.25, 0.3) is 5.82 Å². The van der Waals surface area contributed by atoms with Crippen molar-refractivity contribution in [2.24, 2.45) is 0 Å². The lowest BCUT2D eigenvalue weighted by atomic mass is 10.1. The molecule has 0 radical (unpaired) electrons. The second-order valence-electron chi connectivity index (χ2n) is 6.47. The Bertz CT molecular complexity index is 709. The molecule has 0 aliphatic carbocycles. The largest absolute Gasteiger partial charge is 0.333 e. The molecule has 0 N–H and O–H groups in total. The number of rotatable bonds is 5. The molecule has 1 amide bonds. The van der Waals surface area contributed by atoms with Gasteiger partial charge in [-0.15, -0.1) is 0 Å². The van der Waals surface area contributed by atoms with Gasteiger partial charge in [-0.3, -0.25) is 9.36 Å². The van der Waals surface area contributed by atoms with Gasteiger partial charge >= 0.3 is 0 Å². The first kappa shape index (κ1) is 16.6. The van der Waals surface area contributed by atoms with Crippen LogP contribution in [0.5, 0.6) is 0 Å². The highest BCUT2D eigenvalue weighted by molar-refractivity contribution is 5.79. The standard InChI is InChI=1S/C18H25N5O/c1-4-16-19-10-12-23(16)17-9-5-7-14(20-17)15-8-6-11-22(15)18(24)13-21(2)3/h5,7,9-10,12,15H,4,6,8,11,13H2,1-3H3. The van der Waals surface area contributed by atoms with Crippen LogP contribution in [0.15, 0.2) is 30.6 Å². The van der Waals surface area contributed by atoms with Crippen molar-refractivity contribution in [1.82, 2.24) is 24.3 Å². The number of likely N-dealkylation sites (N-methyl/N-ethyl adjacent to an activating group) is 1. The number of carbonyl (C=O) groups excluding carboxylic acids is 1. The SMILES string of the molecule is CCc1nccn1-c1cccc(C2CCCN2C(=O)CN(C)C)n1. The zero-order chi connectivity index (χ0) is 17.1. The summed E-state index contributed by atoms with van der Waals surface area (Å²) in [4.78, 5) is 25.6. The van der Waals surface area contributed by atoms with E-state index in [2.05, 4.69) is 11.9 Å². The zero-order valence-electron chi connectivity index (χ0n) is 14.6. The molecular weight excluding hydrogens is 302 g/mol. The minimum Gasteiger partial charge on any atom is -0.333 e. The maximum absolute atomic E-state index is 12.5. The summed E-state index contributed by atoms with van der Waals surface area (Å²) in [5.74, 6) is 2.03. The lowest BCUT2D eigenvalue weighted by Gasteiger charge is -2.26. The lowest BCUT2D eigenvalue weighted by Crippen LogP contribution is -2.37. The lowest BCUT2D eigenvalue weighted by molar-refractivity contribution is -0.132. The van der Waals surface area contributed by atoms with Crippen LogP contribution >= 0.6 is 0 Å². The zero-order valence-corrected chi connectivity index (χ0v) is 14.6. The highest BCUT2D eigenvalue weighted by Crippen LogP contribution is 2.31. The molecule has 128 valence electrons. The van der Waals surface area contributed by atoms with Crippen molar-refractivity contribution in [3.05, 3.63) is 42.1 Å². The summed E-state index contributed by atoms with van der Waals surface area (Å²) in [6.07, 6.45) is 6.60. The van der Waals surface area contributed by atoms with Crippen LogP contribution in [0, 0.1) is 0 Å². The minimum absolute atomic E-state index is 0.0750. The number of likely N-dealkylation sites (tertiary alicyclic amines) is 1. The summed E-state index contributed by atoms with van der Waals surface area (Å²) in [6.45, 7) is 3.34. The number of aryl methyl sites for hydroxylation is 1. The molecule has 1 aliphatic rings. The van der Waals surface area contributed by atoms with E-state index in [9.17, 15) is 4.79 Å². The molecule has 1 saturated heterocycles. The van der Waals surface area contributed by atoms with E-state index in [1.165, 1.54) is 0 Å². The Morgan fingerprint density at radius 1 is 1.38 bits per heavy atom. The van der Waals surface area contributed by atoms with Crippen LogP contribution in [0.3, 0.4) is 0 Å². The molecule has 6 heteroatoms. The number of hydrogen-bond donors (Lipinski definition) is 0. The number of pyridine rings is 1. The molecule has 1 unspecified atom stereocenters. The predicted octanol–water partition coefficient (Wildman–Crippen LogP) is 2.05. The van der Waals surface area contributed by atoms with Crippen molar-refractivity contribution in [1.29, 1.82) is 0 Å². The molecule has 6 nitrogen and oxygen atoms in total. The van der Waals surface area contributed by atoms with Gasteiger partial charge in [0.1, 0.15) is 11.6 Å². The molecular formula is C18H25N5O. The van der Waals surface area contributed by atoms with Crippen LogP contribution in [-0.4, -0.2) is 57.4 Å². The summed E-state index contributed by atoms with van der Waals surface area (Å²) < 4.78 is 2.02. The second-order valence-corrected chi connectivity index (χ2v) is 6.47. The predicted molar refractivity (Wildman–Crippen MR) is 93.0 cm³/mol. The Morgan fingerprint density at radius 3 is 2.96 bits per heavy atom. The van der Waals surface area contributed by atoms with Crippen molar-refractivity contribution >= 4 is 5.91 Å². The fourth-order valence-corrected chi connectivity index (χ4v) is 3.30. The molecule has 1 fully saturated rings. The molecule has 0 aromatic carbocycles. The molecule has 2 aromatic heterocycles. The normalized spacial score (nSPS) is 17.7. The third kappa shape index (κ3) is 3.33. The molecule has 24 heavy (non-hydrogen) atoms. The number of hydrogen-bond acceptors (Lipinski definition) is 4. The Morgan fingerprint density at radius 2 is 2.21 bits per heavy atom. The average molecular weight is 327 g/mol. The van der Waals surface area contributed by atoms with Crippen molar-refractivity contribution in [3.63, 3.8) is 0 Å². The summed E-state index contributed by atoms with van der Waals surface area (Å²) >= 11 is 0. The summed E-state index contributed by atoms with van der Waals surface area (Å²) in [5, 5.41) is 0. The van der Waals surface area contributed by atoms with Crippen molar-refractivity contribution < 1.29 is 4.79 Å². The Labute approximate surface area is 143 Å². The Balaban J connectivity index is 1.87. The highest BCUT2D eigenvalue weighted by Gasteiger charge is 2.31. The van der Waals surface area contributed by atoms with E-state index in [1.807, 2.05) is 52.9 Å². The Kier molecular flexibility index (Phi) is 4.94. The quantitative estimate of drug-likeness (QED) is 0.843. The maximum Gasteiger partial charge on any atom is 0.237 e. The molecule has 0 bridgehead atoms. The van der Waals surface area contributed by atoms with E-state index in [1.54, 1.807) is 6.20 Å². The third-order valence-corrected chi connectivity index (χ3v) is 4.40. The molecule has 0 saturated carbocycles. The van der Waals surface area contributed by atoms with Crippen molar-refractivity contribution in [3.8, 4) is 5.82 Å². The summed E-state index contributed by atoms with van der Waals surface area (Å²) in [7, 11) is 3.85. The maximum atomic E-state index is 12.5. The average Bonchev–Trinajstić information content (AvgIpc) is 3.23. The van der Waals surface area contributed by atoms with Crippen LogP contribution in [0.2, 0.25) is 0 Å². The van der Waals surface area contributed by atoms with Crippen molar-refractivity contribution in [2.45, 2.75) is 32.2 Å². The van der Waals surface area contributed by atoms with Gasteiger partial charge in [-0.2, -0.15) is 0 Å². The van der Waals surface area contributed by atoms with Gasteiger partial charge in [0, 0.05) is 25.4 Å². The first-order chi connectivity index (χ1) is 11.6. The van der Waals surface area contributed by atoms with Gasteiger partial charge < -0.3 is 9.80 Å². The number of amides is 1. The molecule has 0 spiro atoms. The van der Waals surface area contributed by atoms with E-state index < -0.39 is 0 Å². The van der Waals surface area contributed by atoms with Crippen LogP contribution < -0.4 is 0 Å². The summed E-state index contributed by atoms with van der Waals surface area (Å²) in [5.41, 5.74) is 0.966. The minimum atomic E-state index is 0.0750. The van der Waals surface area contributed by atoms with Gasteiger partial charge in [0.05, 0.1) is 18.3 Å². The topological polar surface area (TPSA) is 54.3 Å². The monoisotopic (exact) mass is 327 g/mol. The van der Waals surface area contributed by atoms with Crippen LogP contribution in [-0.2, 0) is 11.2 Å². The van der Waals surface area contributed by atoms with Crippen LogP contribution in [0.1, 0.15) is 37.3 Å². The van der Waals surface area contributed by atoms with E-state index in [0.29, 0.717) is 6.54 Å². The molecule has 3 heterocycles. The van der Waals surface area contributed by atoms with Gasteiger partial charge in [0.2, 0.25) is 5.91 Å². The smallest absolute Gasteiger partial charge is 0.237 e. The van der Waals surface area contributed by atoms with Gasteiger partial charge in [-0.1, -0.05) is 13.0 Å². The Hall–Kier alpha value is -2.21. The number of aromatic nitrogens is 3. The number of nitrogens with zero attached hydrogens (tertiary/aromatic N) is 5. The fraction of sp³-hybridized carbons (Fsp3) is 0.500. The molecule has 1 atom stereocenters. The van der Waals surface area contributed by atoms with E-state index in [4.69, 9.17) is 4.98 Å². The van der Waals surface area contributed by atoms with Crippen molar-refractivity contribution in [2.75, 3.05) is 27.2 Å². The highest BCUT2D eigenvalue weighted by atomic mass is 16.2. The first-order valence-corrected chi connectivity index (χ1v) is 8.54. The van der Waals surface area contributed by atoms with E-state index >= 15 is 0 Å². The molecule has 2 aromatic rings. The molecule has 3 rings (SSSR count).